The Morgan fingerprint density at radius 2 is 1.71 bits per heavy atom. The fraction of sp³-hybridized carbons (Fsp3) is 0.875. The van der Waals surface area contributed by atoms with Crippen LogP contribution in [0.5, 0.6) is 0 Å². The lowest BCUT2D eigenvalue weighted by atomic mass is 9.76. The van der Waals surface area contributed by atoms with Gasteiger partial charge in [-0.3, -0.25) is 9.59 Å². The highest BCUT2D eigenvalue weighted by atomic mass is 16.4. The number of hydrogen-bond acceptors (Lipinski definition) is 3. The van der Waals surface area contributed by atoms with E-state index in [0.717, 1.165) is 45.2 Å². The molecule has 0 aliphatic rings. The van der Waals surface area contributed by atoms with Crippen molar-refractivity contribution in [3.05, 3.63) is 0 Å². The molecule has 1 amide bonds. The van der Waals surface area contributed by atoms with Crippen molar-refractivity contribution in [2.24, 2.45) is 5.41 Å². The van der Waals surface area contributed by atoms with Crippen LogP contribution in [0.15, 0.2) is 0 Å². The smallest absolute Gasteiger partial charge is 0.303 e. The molecule has 0 saturated heterocycles. The number of hydrogen-bond donors (Lipinski definition) is 2. The van der Waals surface area contributed by atoms with Gasteiger partial charge in [-0.25, -0.2) is 0 Å². The molecular weight excluding hydrogens is 268 g/mol. The minimum atomic E-state index is -0.818. The maximum atomic E-state index is 12.3. The highest BCUT2D eigenvalue weighted by Crippen LogP contribution is 2.35. The Kier molecular flexibility index (Phi) is 10.0. The summed E-state index contributed by atoms with van der Waals surface area (Å²) in [6.45, 7) is 5.69. The molecule has 0 fully saturated rings. The fourth-order valence-electron chi connectivity index (χ4n) is 2.54. The van der Waals surface area contributed by atoms with Crippen LogP contribution in [0.4, 0.5) is 0 Å². The number of carboxylic acid groups (broad SMARTS) is 1. The molecule has 0 heterocycles. The molecule has 2 N–H and O–H groups in total. The number of nitrogens with one attached hydrogen (secondary N) is 1. The number of nitrogens with zero attached hydrogens (tertiary/aromatic N) is 1. The Labute approximate surface area is 129 Å². The molecular formula is C16H32N2O3. The highest BCUT2D eigenvalue weighted by molar-refractivity contribution is 5.78. The lowest BCUT2D eigenvalue weighted by Gasteiger charge is -2.31. The first-order chi connectivity index (χ1) is 9.90. The molecule has 21 heavy (non-hydrogen) atoms. The normalized spacial score (nSPS) is 11.4. The van der Waals surface area contributed by atoms with Gasteiger partial charge < -0.3 is 15.3 Å². The Balaban J connectivity index is 4.31. The van der Waals surface area contributed by atoms with Crippen molar-refractivity contribution in [2.75, 3.05) is 27.2 Å². The average molecular weight is 300 g/mol. The first-order valence-electron chi connectivity index (χ1n) is 8.01. The Morgan fingerprint density at radius 1 is 1.10 bits per heavy atom. The number of carbonyl (C=O) groups excluding carboxylic acids is 1. The third-order valence-electron chi connectivity index (χ3n) is 4.40. The zero-order valence-corrected chi connectivity index (χ0v) is 14.1. The van der Waals surface area contributed by atoms with Gasteiger partial charge in [0.15, 0.2) is 0 Å². The number of carbonyl (C=O) groups is 2. The van der Waals surface area contributed by atoms with E-state index in [2.05, 4.69) is 5.32 Å². The van der Waals surface area contributed by atoms with Gasteiger partial charge in [-0.2, -0.15) is 0 Å². The Bertz CT molecular complexity index is 315. The number of amides is 1. The van der Waals surface area contributed by atoms with Crippen molar-refractivity contribution < 1.29 is 14.7 Å². The number of unbranched alkanes of at least 4 members (excludes halogenated alkanes) is 2. The number of aliphatic carboxylic acids is 1. The minimum Gasteiger partial charge on any atom is -0.481 e. The summed E-state index contributed by atoms with van der Waals surface area (Å²) in [7, 11) is 3.75. The van der Waals surface area contributed by atoms with Crippen LogP contribution < -0.4 is 5.32 Å². The molecule has 124 valence electrons. The molecule has 0 atom stereocenters. The van der Waals surface area contributed by atoms with Gasteiger partial charge in [0.25, 0.3) is 0 Å². The summed E-state index contributed by atoms with van der Waals surface area (Å²) in [6.07, 6.45) is 5.05. The van der Waals surface area contributed by atoms with Crippen molar-refractivity contribution in [3.8, 4) is 0 Å². The highest BCUT2D eigenvalue weighted by Gasteiger charge is 2.32. The van der Waals surface area contributed by atoms with E-state index in [4.69, 9.17) is 5.11 Å². The third-order valence-corrected chi connectivity index (χ3v) is 4.40. The van der Waals surface area contributed by atoms with Crippen LogP contribution in [-0.4, -0.2) is 49.1 Å². The monoisotopic (exact) mass is 300 g/mol. The topological polar surface area (TPSA) is 69.6 Å². The Morgan fingerprint density at radius 3 is 2.19 bits per heavy atom. The largest absolute Gasteiger partial charge is 0.481 e. The lowest BCUT2D eigenvalue weighted by Crippen LogP contribution is -2.35. The van der Waals surface area contributed by atoms with Crippen LogP contribution in [0.1, 0.15) is 58.8 Å². The second-order valence-electron chi connectivity index (χ2n) is 5.93. The Hall–Kier alpha value is -1.10. The predicted octanol–water partition coefficient (Wildman–Crippen LogP) is 2.51. The summed E-state index contributed by atoms with van der Waals surface area (Å²) in [4.78, 5) is 25.1. The van der Waals surface area contributed by atoms with Crippen LogP contribution in [0.3, 0.4) is 0 Å². The van der Waals surface area contributed by atoms with Crippen molar-refractivity contribution in [1.82, 2.24) is 10.2 Å². The minimum absolute atomic E-state index is 0.0635. The quantitative estimate of drug-likeness (QED) is 0.543. The molecule has 0 spiro atoms. The molecule has 5 nitrogen and oxygen atoms in total. The second kappa shape index (κ2) is 10.6. The van der Waals surface area contributed by atoms with E-state index in [-0.39, 0.29) is 12.3 Å². The van der Waals surface area contributed by atoms with Gasteiger partial charge in [0.2, 0.25) is 5.91 Å². The first-order valence-corrected chi connectivity index (χ1v) is 8.01. The summed E-state index contributed by atoms with van der Waals surface area (Å²) < 4.78 is 0. The second-order valence-corrected chi connectivity index (χ2v) is 5.93. The van der Waals surface area contributed by atoms with Crippen LogP contribution in [-0.2, 0) is 9.59 Å². The molecule has 0 bridgehead atoms. The molecule has 0 aromatic carbocycles. The molecule has 0 aliphatic carbocycles. The zero-order chi connectivity index (χ0) is 16.3. The van der Waals surface area contributed by atoms with Crippen LogP contribution >= 0.6 is 0 Å². The first kappa shape index (κ1) is 19.9. The van der Waals surface area contributed by atoms with Gasteiger partial charge in [-0.15, -0.1) is 0 Å². The molecule has 0 aliphatic heterocycles. The van der Waals surface area contributed by atoms with Crippen molar-refractivity contribution >= 4 is 11.9 Å². The average Bonchev–Trinajstić information content (AvgIpc) is 2.45. The summed E-state index contributed by atoms with van der Waals surface area (Å²) in [5, 5.41) is 12.2. The van der Waals surface area contributed by atoms with Crippen LogP contribution in [0.2, 0.25) is 0 Å². The van der Waals surface area contributed by atoms with E-state index in [1.54, 1.807) is 4.90 Å². The van der Waals surface area contributed by atoms with Gasteiger partial charge in [-0.05, 0) is 44.7 Å². The molecule has 0 unspecified atom stereocenters. The van der Waals surface area contributed by atoms with Crippen LogP contribution in [0.25, 0.3) is 0 Å². The van der Waals surface area contributed by atoms with Gasteiger partial charge in [0.05, 0.1) is 6.42 Å². The molecule has 0 radical (unpaired) electrons. The lowest BCUT2D eigenvalue weighted by molar-refractivity contribution is -0.141. The number of rotatable bonds is 12. The SMILES string of the molecule is CCC(CC)(CC(=O)O)CC(=O)N(C)CCCCCNC. The van der Waals surface area contributed by atoms with E-state index in [9.17, 15) is 9.59 Å². The molecule has 5 heteroatoms. The molecule has 0 rings (SSSR count). The van der Waals surface area contributed by atoms with E-state index < -0.39 is 11.4 Å². The summed E-state index contributed by atoms with van der Waals surface area (Å²) in [5.41, 5.74) is -0.399. The summed E-state index contributed by atoms with van der Waals surface area (Å²) in [5.74, 6) is -0.755. The summed E-state index contributed by atoms with van der Waals surface area (Å²) in [6, 6.07) is 0. The maximum absolute atomic E-state index is 12.3. The predicted molar refractivity (Wildman–Crippen MR) is 85.3 cm³/mol. The van der Waals surface area contributed by atoms with Gasteiger partial charge in [0, 0.05) is 20.0 Å². The fourth-order valence-corrected chi connectivity index (χ4v) is 2.54. The van der Waals surface area contributed by atoms with Gasteiger partial charge in [-0.1, -0.05) is 20.3 Å². The molecule has 0 aromatic heterocycles. The van der Waals surface area contributed by atoms with E-state index in [0.29, 0.717) is 6.42 Å². The van der Waals surface area contributed by atoms with Crippen molar-refractivity contribution in [1.29, 1.82) is 0 Å². The van der Waals surface area contributed by atoms with Crippen molar-refractivity contribution in [2.45, 2.75) is 58.8 Å². The standard InChI is InChI=1S/C16H32N2O3/c1-5-16(6-2,13-15(20)21)12-14(19)18(4)11-9-7-8-10-17-3/h17H,5-13H2,1-4H3,(H,20,21). The van der Waals surface area contributed by atoms with E-state index in [1.807, 2.05) is 27.9 Å². The summed E-state index contributed by atoms with van der Waals surface area (Å²) >= 11 is 0. The maximum Gasteiger partial charge on any atom is 0.303 e. The van der Waals surface area contributed by atoms with E-state index in [1.165, 1.54) is 0 Å². The van der Waals surface area contributed by atoms with Crippen LogP contribution in [0, 0.1) is 5.41 Å². The van der Waals surface area contributed by atoms with Gasteiger partial charge >= 0.3 is 5.97 Å². The van der Waals surface area contributed by atoms with Crippen molar-refractivity contribution in [3.63, 3.8) is 0 Å². The van der Waals surface area contributed by atoms with Gasteiger partial charge in [0.1, 0.15) is 0 Å². The molecule has 0 aromatic rings. The van der Waals surface area contributed by atoms with E-state index >= 15 is 0 Å². The third kappa shape index (κ3) is 8.05. The zero-order valence-electron chi connectivity index (χ0n) is 14.1. The number of carboxylic acids is 1. The molecule has 0 saturated carbocycles.